The molecule has 0 saturated carbocycles. The van der Waals surface area contributed by atoms with Crippen LogP contribution in [0.15, 0.2) is 52.7 Å². The van der Waals surface area contributed by atoms with Gasteiger partial charge >= 0.3 is 5.97 Å². The summed E-state index contributed by atoms with van der Waals surface area (Å²) in [5, 5.41) is 28.6. The van der Waals surface area contributed by atoms with Gasteiger partial charge in [0.05, 0.1) is 11.4 Å². The van der Waals surface area contributed by atoms with E-state index < -0.39 is 11.9 Å². The maximum Gasteiger partial charge on any atom is 0.303 e. The van der Waals surface area contributed by atoms with Gasteiger partial charge in [0.25, 0.3) is 5.91 Å². The van der Waals surface area contributed by atoms with Gasteiger partial charge in [0.1, 0.15) is 11.6 Å². The van der Waals surface area contributed by atoms with Crippen LogP contribution >= 0.6 is 0 Å². The number of halogens is 1. The second-order valence-corrected chi connectivity index (χ2v) is 6.78. The van der Waals surface area contributed by atoms with Crippen LogP contribution < -0.4 is 5.43 Å². The van der Waals surface area contributed by atoms with Crippen LogP contribution in [0.25, 0.3) is 12.2 Å². The molecule has 0 radical (unpaired) electrons. The normalized spacial score (nSPS) is 15.0. The lowest BCUT2D eigenvalue weighted by atomic mass is 10.1. The van der Waals surface area contributed by atoms with Crippen LogP contribution in [0, 0.1) is 5.82 Å². The third-order valence-corrected chi connectivity index (χ3v) is 4.51. The number of nitrogens with zero attached hydrogens (tertiary/aromatic N) is 3. The average Bonchev–Trinajstić information content (AvgIpc) is 3.00. The van der Waals surface area contributed by atoms with E-state index in [0.717, 1.165) is 0 Å². The zero-order valence-corrected chi connectivity index (χ0v) is 16.7. The molecule has 0 aliphatic carbocycles. The van der Waals surface area contributed by atoms with Crippen molar-refractivity contribution in [2.45, 2.75) is 19.8 Å². The number of hydrogen-bond donors (Lipinski definition) is 3. The number of carbonyl (C=O) groups excluding carboxylic acids is 1. The molecule has 3 N–H and O–H groups in total. The number of nitrogens with one attached hydrogen (secondary N) is 1. The highest BCUT2D eigenvalue weighted by Gasteiger charge is 2.29. The van der Waals surface area contributed by atoms with Gasteiger partial charge in [-0.05, 0) is 25.5 Å². The summed E-state index contributed by atoms with van der Waals surface area (Å²) in [4.78, 5) is 23.1. The molecular formula is C22H21FN4O4. The predicted octanol–water partition coefficient (Wildman–Crippen LogP) is 3.55. The van der Waals surface area contributed by atoms with Crippen molar-refractivity contribution in [3.63, 3.8) is 0 Å². The number of phenols is 1. The third-order valence-electron chi connectivity index (χ3n) is 4.51. The van der Waals surface area contributed by atoms with Gasteiger partial charge in [-0.25, -0.2) is 9.40 Å². The molecule has 3 rings (SSSR count). The number of carbonyl (C=O) groups is 2. The standard InChI is InChI=1S/C22H21FN4O4/c1-14-20(22(31)27(26-14)13-5-10-19(28)29)25-24-18-9-4-7-16(21(18)30)12-11-15-6-2-3-8-17(15)23/h2-4,6-9,11-12,24,30H,5,10,13H2,1H3,(H,28,29)/b12-11+,25-20-. The second kappa shape index (κ2) is 9.66. The first-order chi connectivity index (χ1) is 14.9. The second-order valence-electron chi connectivity index (χ2n) is 6.78. The van der Waals surface area contributed by atoms with Crippen LogP contribution in [0.5, 0.6) is 5.75 Å². The van der Waals surface area contributed by atoms with Crippen LogP contribution in [0.3, 0.4) is 0 Å². The smallest absolute Gasteiger partial charge is 0.303 e. The third kappa shape index (κ3) is 5.33. The highest BCUT2D eigenvalue weighted by molar-refractivity contribution is 6.68. The molecule has 1 amide bonds. The van der Waals surface area contributed by atoms with Crippen molar-refractivity contribution in [1.29, 1.82) is 0 Å². The van der Waals surface area contributed by atoms with Crippen molar-refractivity contribution in [3.8, 4) is 5.75 Å². The fraction of sp³-hybridized carbons (Fsp3) is 0.182. The number of aromatic hydroxyl groups is 1. The van der Waals surface area contributed by atoms with Gasteiger partial charge in [-0.2, -0.15) is 10.2 Å². The summed E-state index contributed by atoms with van der Waals surface area (Å²) >= 11 is 0. The minimum atomic E-state index is -0.942. The Morgan fingerprint density at radius 3 is 2.65 bits per heavy atom. The zero-order valence-electron chi connectivity index (χ0n) is 16.7. The molecule has 1 aliphatic rings. The van der Waals surface area contributed by atoms with E-state index in [1.807, 2.05) is 0 Å². The van der Waals surface area contributed by atoms with Crippen LogP contribution in [-0.4, -0.2) is 45.1 Å². The SMILES string of the molecule is CC1=NN(CCCC(=O)O)C(=O)/C1=N\Nc1cccc(/C=C/c2ccccc2F)c1O. The van der Waals surface area contributed by atoms with E-state index in [2.05, 4.69) is 15.6 Å². The summed E-state index contributed by atoms with van der Waals surface area (Å²) in [6.07, 6.45) is 3.33. The molecule has 0 fully saturated rings. The molecule has 1 heterocycles. The highest BCUT2D eigenvalue weighted by atomic mass is 19.1. The van der Waals surface area contributed by atoms with E-state index >= 15 is 0 Å². The maximum absolute atomic E-state index is 13.8. The molecule has 9 heteroatoms. The lowest BCUT2D eigenvalue weighted by Crippen LogP contribution is -2.29. The number of carboxylic acid groups (broad SMARTS) is 1. The van der Waals surface area contributed by atoms with Crippen molar-refractivity contribution in [2.75, 3.05) is 12.0 Å². The summed E-state index contributed by atoms with van der Waals surface area (Å²) in [7, 11) is 0. The quantitative estimate of drug-likeness (QED) is 0.341. The molecule has 0 spiro atoms. The van der Waals surface area contributed by atoms with Gasteiger partial charge < -0.3 is 10.2 Å². The fourth-order valence-electron chi connectivity index (χ4n) is 2.90. The van der Waals surface area contributed by atoms with E-state index in [4.69, 9.17) is 5.11 Å². The summed E-state index contributed by atoms with van der Waals surface area (Å²) in [5.41, 5.74) is 4.19. The van der Waals surface area contributed by atoms with Gasteiger partial charge in [0.2, 0.25) is 0 Å². The molecule has 0 atom stereocenters. The molecule has 2 aromatic carbocycles. The summed E-state index contributed by atoms with van der Waals surface area (Å²) in [6.45, 7) is 1.78. The summed E-state index contributed by atoms with van der Waals surface area (Å²) < 4.78 is 13.8. The fourth-order valence-corrected chi connectivity index (χ4v) is 2.90. The molecule has 0 bridgehead atoms. The molecule has 1 aliphatic heterocycles. The number of amides is 1. The molecule has 0 unspecified atom stereocenters. The Labute approximate surface area is 178 Å². The molecule has 160 valence electrons. The number of benzene rings is 2. The molecule has 31 heavy (non-hydrogen) atoms. The van der Waals surface area contributed by atoms with Gasteiger partial charge in [-0.15, -0.1) is 0 Å². The topological polar surface area (TPSA) is 115 Å². The number of hydrogen-bond acceptors (Lipinski definition) is 6. The van der Waals surface area contributed by atoms with Crippen molar-refractivity contribution < 1.29 is 24.2 Å². The number of aliphatic carboxylic acids is 1. The van der Waals surface area contributed by atoms with E-state index in [1.54, 1.807) is 55.5 Å². The minimum absolute atomic E-state index is 0.0653. The molecule has 0 saturated heterocycles. The van der Waals surface area contributed by atoms with Gasteiger partial charge in [0.15, 0.2) is 5.71 Å². The first-order valence-corrected chi connectivity index (χ1v) is 9.54. The van der Waals surface area contributed by atoms with Crippen molar-refractivity contribution in [1.82, 2.24) is 5.01 Å². The average molecular weight is 424 g/mol. The van der Waals surface area contributed by atoms with Crippen molar-refractivity contribution in [2.24, 2.45) is 10.2 Å². The van der Waals surface area contributed by atoms with Gasteiger partial charge in [-0.1, -0.05) is 42.5 Å². The molecule has 2 aromatic rings. The van der Waals surface area contributed by atoms with Crippen LogP contribution in [0.1, 0.15) is 30.9 Å². The molecule has 8 nitrogen and oxygen atoms in total. The van der Waals surface area contributed by atoms with E-state index in [-0.39, 0.29) is 42.4 Å². The summed E-state index contributed by atoms with van der Waals surface area (Å²) in [6, 6.07) is 11.2. The van der Waals surface area contributed by atoms with Crippen LogP contribution in [0.2, 0.25) is 0 Å². The monoisotopic (exact) mass is 424 g/mol. The zero-order chi connectivity index (χ0) is 22.4. The van der Waals surface area contributed by atoms with E-state index in [0.29, 0.717) is 16.8 Å². The number of anilines is 1. The number of hydrazone groups is 2. The highest BCUT2D eigenvalue weighted by Crippen LogP contribution is 2.29. The Hall–Kier alpha value is -4.01. The Kier molecular flexibility index (Phi) is 6.76. The Morgan fingerprint density at radius 2 is 1.90 bits per heavy atom. The molecular weight excluding hydrogens is 403 g/mol. The first kappa shape index (κ1) is 21.7. The summed E-state index contributed by atoms with van der Waals surface area (Å²) in [5.74, 6) is -1.88. The lowest BCUT2D eigenvalue weighted by Gasteiger charge is -2.10. The number of carboxylic acids is 1. The Balaban J connectivity index is 1.72. The van der Waals surface area contributed by atoms with E-state index in [9.17, 15) is 19.1 Å². The van der Waals surface area contributed by atoms with Gasteiger partial charge in [-0.3, -0.25) is 15.0 Å². The number of para-hydroxylation sites is 1. The predicted molar refractivity (Wildman–Crippen MR) is 116 cm³/mol. The van der Waals surface area contributed by atoms with Crippen molar-refractivity contribution in [3.05, 3.63) is 59.4 Å². The minimum Gasteiger partial charge on any atom is -0.505 e. The van der Waals surface area contributed by atoms with E-state index in [1.165, 1.54) is 11.1 Å². The first-order valence-electron chi connectivity index (χ1n) is 9.54. The maximum atomic E-state index is 13.8. The van der Waals surface area contributed by atoms with Crippen LogP contribution in [0.4, 0.5) is 10.1 Å². The number of rotatable bonds is 8. The van der Waals surface area contributed by atoms with Gasteiger partial charge in [0, 0.05) is 24.1 Å². The number of phenolic OH excluding ortho intramolecular Hbond substituents is 1. The van der Waals surface area contributed by atoms with Crippen molar-refractivity contribution >= 4 is 41.1 Å². The Bertz CT molecular complexity index is 1090. The van der Waals surface area contributed by atoms with Crippen LogP contribution in [-0.2, 0) is 9.59 Å². The largest absolute Gasteiger partial charge is 0.505 e. The Morgan fingerprint density at radius 1 is 1.19 bits per heavy atom. The molecule has 0 aromatic heterocycles. The lowest BCUT2D eigenvalue weighted by molar-refractivity contribution is -0.137.